The summed E-state index contributed by atoms with van der Waals surface area (Å²) in [7, 11) is 1.48. The summed E-state index contributed by atoms with van der Waals surface area (Å²) in [5.74, 6) is 0.0987. The van der Waals surface area contributed by atoms with Gasteiger partial charge in [0.15, 0.2) is 0 Å². The average molecular weight is 286 g/mol. The molecule has 1 aliphatic rings. The van der Waals surface area contributed by atoms with E-state index in [0.29, 0.717) is 6.54 Å². The Hall–Kier alpha value is -1.04. The molecule has 0 spiro atoms. The van der Waals surface area contributed by atoms with E-state index < -0.39 is 6.04 Å². The van der Waals surface area contributed by atoms with Gasteiger partial charge in [0.25, 0.3) is 5.91 Å². The highest BCUT2D eigenvalue weighted by Crippen LogP contribution is 2.20. The van der Waals surface area contributed by atoms with Crippen LogP contribution in [0.1, 0.15) is 26.7 Å². The topological polar surface area (TPSA) is 57.7 Å². The van der Waals surface area contributed by atoms with Crippen LogP contribution < -0.4 is 0 Å². The fourth-order valence-electron chi connectivity index (χ4n) is 2.24. The molecule has 2 atom stereocenters. The van der Waals surface area contributed by atoms with Gasteiger partial charge in [-0.15, -0.1) is 0 Å². The molecule has 1 aliphatic heterocycles. The van der Waals surface area contributed by atoms with Crippen LogP contribution >= 0.6 is 11.8 Å². The predicted octanol–water partition coefficient (Wildman–Crippen LogP) is 0.981. The molecule has 1 saturated heterocycles. The first-order valence-electron chi connectivity index (χ1n) is 6.53. The molecule has 1 heterocycles. The molecule has 0 aliphatic carbocycles. The lowest BCUT2D eigenvalue weighted by molar-refractivity contribution is -0.144. The fraction of sp³-hybridized carbons (Fsp3) is 0.769. The van der Waals surface area contributed by atoms with Gasteiger partial charge in [0.05, 0.1) is 6.42 Å². The van der Waals surface area contributed by atoms with Crippen molar-refractivity contribution >= 4 is 29.5 Å². The van der Waals surface area contributed by atoms with E-state index in [2.05, 4.69) is 0 Å². The SMILES string of the molecule is CCCN(C(=O)C(C)CSC)C1CC(=O)N(C)C1=O. The summed E-state index contributed by atoms with van der Waals surface area (Å²) in [4.78, 5) is 38.7. The van der Waals surface area contributed by atoms with Gasteiger partial charge >= 0.3 is 0 Å². The second-order valence-corrected chi connectivity index (χ2v) is 5.81. The van der Waals surface area contributed by atoms with Crippen LogP contribution in [-0.4, -0.2) is 59.2 Å². The van der Waals surface area contributed by atoms with Crippen molar-refractivity contribution in [2.24, 2.45) is 5.92 Å². The maximum atomic E-state index is 12.4. The van der Waals surface area contributed by atoms with E-state index in [0.717, 1.165) is 17.1 Å². The molecular weight excluding hydrogens is 264 g/mol. The summed E-state index contributed by atoms with van der Waals surface area (Å²) in [6.07, 6.45) is 2.85. The van der Waals surface area contributed by atoms with E-state index in [-0.39, 0.29) is 30.1 Å². The lowest BCUT2D eigenvalue weighted by atomic mass is 10.1. The van der Waals surface area contributed by atoms with Crippen LogP contribution in [0.4, 0.5) is 0 Å². The van der Waals surface area contributed by atoms with Crippen molar-refractivity contribution in [3.05, 3.63) is 0 Å². The number of rotatable bonds is 6. The first-order valence-corrected chi connectivity index (χ1v) is 7.93. The summed E-state index contributed by atoms with van der Waals surface area (Å²) in [5, 5.41) is 0. The van der Waals surface area contributed by atoms with Gasteiger partial charge in [-0.05, 0) is 12.7 Å². The van der Waals surface area contributed by atoms with Gasteiger partial charge < -0.3 is 4.90 Å². The van der Waals surface area contributed by atoms with Crippen molar-refractivity contribution in [2.45, 2.75) is 32.7 Å². The Balaban J connectivity index is 2.86. The Kier molecular flexibility index (Phi) is 5.85. The zero-order valence-corrected chi connectivity index (χ0v) is 12.8. The van der Waals surface area contributed by atoms with Gasteiger partial charge in [0.2, 0.25) is 11.8 Å². The second-order valence-electron chi connectivity index (χ2n) is 4.90. The molecule has 1 rings (SSSR count). The van der Waals surface area contributed by atoms with Crippen LogP contribution in [0.5, 0.6) is 0 Å². The Morgan fingerprint density at radius 3 is 2.58 bits per heavy atom. The number of hydrogen-bond acceptors (Lipinski definition) is 4. The molecule has 5 nitrogen and oxygen atoms in total. The van der Waals surface area contributed by atoms with E-state index >= 15 is 0 Å². The molecule has 2 unspecified atom stereocenters. The molecule has 0 aromatic heterocycles. The Morgan fingerprint density at radius 2 is 2.16 bits per heavy atom. The van der Waals surface area contributed by atoms with Gasteiger partial charge in [-0.2, -0.15) is 11.8 Å². The van der Waals surface area contributed by atoms with Crippen molar-refractivity contribution in [3.8, 4) is 0 Å². The third-order valence-electron chi connectivity index (χ3n) is 3.32. The van der Waals surface area contributed by atoms with Gasteiger partial charge in [0.1, 0.15) is 6.04 Å². The maximum absolute atomic E-state index is 12.4. The van der Waals surface area contributed by atoms with Gasteiger partial charge in [-0.25, -0.2) is 0 Å². The molecule has 0 N–H and O–H groups in total. The number of nitrogens with zero attached hydrogens (tertiary/aromatic N) is 2. The zero-order valence-electron chi connectivity index (χ0n) is 12.0. The quantitative estimate of drug-likeness (QED) is 0.683. The molecule has 0 bridgehead atoms. The summed E-state index contributed by atoms with van der Waals surface area (Å²) in [6, 6.07) is -0.603. The van der Waals surface area contributed by atoms with Crippen molar-refractivity contribution in [1.29, 1.82) is 0 Å². The first-order chi connectivity index (χ1) is 8.93. The fourth-order valence-corrected chi connectivity index (χ4v) is 2.89. The van der Waals surface area contributed by atoms with E-state index in [1.165, 1.54) is 7.05 Å². The molecule has 0 radical (unpaired) electrons. The third kappa shape index (κ3) is 3.49. The Morgan fingerprint density at radius 1 is 1.53 bits per heavy atom. The molecule has 0 aromatic carbocycles. The highest BCUT2D eigenvalue weighted by atomic mass is 32.2. The summed E-state index contributed by atoms with van der Waals surface area (Å²) >= 11 is 1.61. The number of amides is 3. The number of carbonyl (C=O) groups excluding carboxylic acids is 3. The monoisotopic (exact) mass is 286 g/mol. The van der Waals surface area contributed by atoms with Crippen molar-refractivity contribution in [2.75, 3.05) is 25.6 Å². The van der Waals surface area contributed by atoms with E-state index in [1.54, 1.807) is 16.7 Å². The highest BCUT2D eigenvalue weighted by Gasteiger charge is 2.42. The minimum absolute atomic E-state index is 0.0300. The highest BCUT2D eigenvalue weighted by molar-refractivity contribution is 7.98. The minimum atomic E-state index is -0.603. The smallest absolute Gasteiger partial charge is 0.252 e. The van der Waals surface area contributed by atoms with Crippen LogP contribution in [0.2, 0.25) is 0 Å². The molecule has 3 amide bonds. The van der Waals surface area contributed by atoms with Crippen LogP contribution in [0.3, 0.4) is 0 Å². The molecule has 0 saturated carbocycles. The molecule has 0 aromatic rings. The Labute approximate surface area is 118 Å². The van der Waals surface area contributed by atoms with Crippen LogP contribution in [0.25, 0.3) is 0 Å². The van der Waals surface area contributed by atoms with Gasteiger partial charge in [0, 0.05) is 25.3 Å². The Bertz CT molecular complexity index is 373. The number of likely N-dealkylation sites (tertiary alicyclic amines) is 1. The molecule has 108 valence electrons. The van der Waals surface area contributed by atoms with Gasteiger partial charge in [-0.3, -0.25) is 19.3 Å². The van der Waals surface area contributed by atoms with Crippen molar-refractivity contribution in [1.82, 2.24) is 9.80 Å². The third-order valence-corrected chi connectivity index (χ3v) is 4.15. The minimum Gasteiger partial charge on any atom is -0.330 e. The normalized spacial score (nSPS) is 20.8. The maximum Gasteiger partial charge on any atom is 0.252 e. The second kappa shape index (κ2) is 6.93. The first kappa shape index (κ1) is 16.0. The van der Waals surface area contributed by atoms with E-state index in [9.17, 15) is 14.4 Å². The molecule has 6 heteroatoms. The van der Waals surface area contributed by atoms with Crippen LogP contribution in [0.15, 0.2) is 0 Å². The van der Waals surface area contributed by atoms with E-state index in [1.807, 2.05) is 20.1 Å². The zero-order chi connectivity index (χ0) is 14.6. The molecule has 1 fully saturated rings. The largest absolute Gasteiger partial charge is 0.330 e. The van der Waals surface area contributed by atoms with Gasteiger partial charge in [-0.1, -0.05) is 13.8 Å². The number of imide groups is 1. The summed E-state index contributed by atoms with van der Waals surface area (Å²) in [5.41, 5.74) is 0. The van der Waals surface area contributed by atoms with Crippen LogP contribution in [0, 0.1) is 5.92 Å². The van der Waals surface area contributed by atoms with Crippen molar-refractivity contribution in [3.63, 3.8) is 0 Å². The van der Waals surface area contributed by atoms with E-state index in [4.69, 9.17) is 0 Å². The van der Waals surface area contributed by atoms with Crippen LogP contribution in [-0.2, 0) is 14.4 Å². The lowest BCUT2D eigenvalue weighted by Crippen LogP contribution is -2.47. The average Bonchev–Trinajstić information content (AvgIpc) is 2.63. The summed E-state index contributed by atoms with van der Waals surface area (Å²) in [6.45, 7) is 4.35. The standard InChI is InChI=1S/C13H22N2O3S/c1-5-6-15(12(17)9(2)8-19-4)10-7-11(16)14(3)13(10)18/h9-10H,5-8H2,1-4H3. The number of hydrogen-bond donors (Lipinski definition) is 0. The number of likely N-dealkylation sites (N-methyl/N-ethyl adjacent to an activating group) is 1. The molecule has 19 heavy (non-hydrogen) atoms. The lowest BCUT2D eigenvalue weighted by Gasteiger charge is -2.29. The number of thioether (sulfide) groups is 1. The molecular formula is C13H22N2O3S. The summed E-state index contributed by atoms with van der Waals surface area (Å²) < 4.78 is 0. The predicted molar refractivity (Wildman–Crippen MR) is 75.7 cm³/mol. The number of carbonyl (C=O) groups is 3. The van der Waals surface area contributed by atoms with Crippen molar-refractivity contribution < 1.29 is 14.4 Å².